The van der Waals surface area contributed by atoms with Crippen LogP contribution in [0.25, 0.3) is 0 Å². The van der Waals surface area contributed by atoms with Crippen LogP contribution in [-0.2, 0) is 6.54 Å². The summed E-state index contributed by atoms with van der Waals surface area (Å²) in [6, 6.07) is 24.4. The predicted octanol–water partition coefficient (Wildman–Crippen LogP) is 5.58. The van der Waals surface area contributed by atoms with Crippen molar-refractivity contribution in [3.05, 3.63) is 90.0 Å². The zero-order chi connectivity index (χ0) is 23.4. The summed E-state index contributed by atoms with van der Waals surface area (Å²) in [6.45, 7) is 3.03. The molecule has 1 N–H and O–H groups in total. The summed E-state index contributed by atoms with van der Waals surface area (Å²) in [6.07, 6.45) is -7.13. The Morgan fingerprint density at radius 3 is 2.36 bits per heavy atom. The van der Waals surface area contributed by atoms with Gasteiger partial charge in [0.25, 0.3) is 0 Å². The number of anilines is 2. The highest BCUT2D eigenvalue weighted by Crippen LogP contribution is 2.42. The maximum Gasteiger partial charge on any atom is 0.416 e. The maximum atomic E-state index is 13.3. The second kappa shape index (κ2) is 9.75. The average Bonchev–Trinajstić information content (AvgIpc) is 2.81. The van der Waals surface area contributed by atoms with Crippen LogP contribution < -0.4 is 14.5 Å². The molecule has 1 heterocycles. The van der Waals surface area contributed by atoms with E-state index in [4.69, 9.17) is 4.74 Å². The number of alkyl halides is 3. The third-order valence-electron chi connectivity index (χ3n) is 5.82. The van der Waals surface area contributed by atoms with Crippen LogP contribution in [0.3, 0.4) is 0 Å². The number of β-amino-alcohol motifs (C(OH)–C–C–N with tert-alkyl or cyclic N) is 1. The van der Waals surface area contributed by atoms with E-state index < -0.39 is 18.8 Å². The number of rotatable bonds is 7. The van der Waals surface area contributed by atoms with Crippen molar-refractivity contribution in [2.75, 3.05) is 29.5 Å². The number of hydrogen-bond acceptors (Lipinski definition) is 4. The number of benzene rings is 3. The minimum atomic E-state index is -4.69. The molecule has 2 atom stereocenters. The minimum absolute atomic E-state index is 0.354. The highest BCUT2D eigenvalue weighted by Gasteiger charge is 2.42. The highest BCUT2D eigenvalue weighted by atomic mass is 19.4. The number of ether oxygens (including phenoxy) is 1. The number of para-hydroxylation sites is 2. The van der Waals surface area contributed by atoms with Crippen LogP contribution >= 0.6 is 0 Å². The van der Waals surface area contributed by atoms with E-state index in [0.717, 1.165) is 22.6 Å². The Labute approximate surface area is 191 Å². The molecule has 33 heavy (non-hydrogen) atoms. The second-order valence-corrected chi connectivity index (χ2v) is 8.09. The van der Waals surface area contributed by atoms with Crippen LogP contribution in [0.2, 0.25) is 0 Å². The van der Waals surface area contributed by atoms with E-state index in [1.54, 1.807) is 4.90 Å². The van der Waals surface area contributed by atoms with Gasteiger partial charge in [0.05, 0.1) is 30.6 Å². The molecule has 1 aliphatic heterocycles. The van der Waals surface area contributed by atoms with Crippen LogP contribution in [0.5, 0.6) is 5.75 Å². The van der Waals surface area contributed by atoms with E-state index in [9.17, 15) is 18.3 Å². The zero-order valence-electron chi connectivity index (χ0n) is 18.4. The standard InChI is InChI=1S/C26H27F3N2O2/c1-2-33-21-12-8-9-19(15-21)16-30-17-24(20-10-4-3-5-11-20)31(18-25(32)26(27,28)29)23-14-7-6-13-22(23)30/h3-15,24-25,32H,2,16-18H2,1H3/t24-,25-/m1/s1. The van der Waals surface area contributed by atoms with Gasteiger partial charge in [0, 0.05) is 13.1 Å². The van der Waals surface area contributed by atoms with Gasteiger partial charge in [-0.3, -0.25) is 0 Å². The molecule has 0 saturated carbocycles. The number of nitrogens with zero attached hydrogens (tertiary/aromatic N) is 2. The Balaban J connectivity index is 1.72. The highest BCUT2D eigenvalue weighted by molar-refractivity contribution is 5.74. The third-order valence-corrected chi connectivity index (χ3v) is 5.82. The third kappa shape index (κ3) is 5.25. The van der Waals surface area contributed by atoms with Crippen molar-refractivity contribution in [2.24, 2.45) is 0 Å². The molecule has 0 aromatic heterocycles. The van der Waals surface area contributed by atoms with Gasteiger partial charge in [-0.05, 0) is 42.3 Å². The minimum Gasteiger partial charge on any atom is -0.494 e. The van der Waals surface area contributed by atoms with Crippen LogP contribution in [0.15, 0.2) is 78.9 Å². The molecular weight excluding hydrogens is 429 g/mol. The predicted molar refractivity (Wildman–Crippen MR) is 124 cm³/mol. The fourth-order valence-corrected chi connectivity index (χ4v) is 4.29. The van der Waals surface area contributed by atoms with Gasteiger partial charge < -0.3 is 19.6 Å². The van der Waals surface area contributed by atoms with E-state index in [1.165, 1.54) is 0 Å². The molecule has 0 bridgehead atoms. The molecule has 3 aromatic rings. The molecule has 3 aromatic carbocycles. The lowest BCUT2D eigenvalue weighted by Crippen LogP contribution is -2.49. The number of aliphatic hydroxyl groups excluding tert-OH is 1. The van der Waals surface area contributed by atoms with E-state index in [2.05, 4.69) is 4.90 Å². The molecule has 7 heteroatoms. The molecule has 0 radical (unpaired) electrons. The Morgan fingerprint density at radius 1 is 0.970 bits per heavy atom. The van der Waals surface area contributed by atoms with Gasteiger partial charge in [0.2, 0.25) is 0 Å². The van der Waals surface area contributed by atoms with Crippen molar-refractivity contribution in [1.82, 2.24) is 0 Å². The fraction of sp³-hybridized carbons (Fsp3) is 0.308. The Bertz CT molecular complexity index is 1060. The van der Waals surface area contributed by atoms with Crippen LogP contribution in [0.4, 0.5) is 24.5 Å². The first-order valence-electron chi connectivity index (χ1n) is 11.0. The van der Waals surface area contributed by atoms with E-state index in [-0.39, 0.29) is 6.04 Å². The maximum absolute atomic E-state index is 13.3. The summed E-state index contributed by atoms with van der Waals surface area (Å²) < 4.78 is 45.5. The molecule has 0 unspecified atom stereocenters. The van der Waals surface area contributed by atoms with Gasteiger partial charge in [-0.2, -0.15) is 13.2 Å². The second-order valence-electron chi connectivity index (χ2n) is 8.09. The number of aliphatic hydroxyl groups is 1. The van der Waals surface area contributed by atoms with E-state index >= 15 is 0 Å². The first kappa shape index (κ1) is 23.0. The Morgan fingerprint density at radius 2 is 1.67 bits per heavy atom. The first-order valence-corrected chi connectivity index (χ1v) is 11.0. The van der Waals surface area contributed by atoms with Gasteiger partial charge in [-0.15, -0.1) is 0 Å². The Kier molecular flexibility index (Phi) is 6.79. The Hall–Kier alpha value is -3.19. The quantitative estimate of drug-likeness (QED) is 0.504. The molecule has 0 spiro atoms. The smallest absolute Gasteiger partial charge is 0.416 e. The molecule has 0 saturated heterocycles. The first-order chi connectivity index (χ1) is 15.9. The molecule has 0 aliphatic carbocycles. The largest absolute Gasteiger partial charge is 0.494 e. The van der Waals surface area contributed by atoms with Crippen molar-refractivity contribution < 1.29 is 23.0 Å². The summed E-state index contributed by atoms with van der Waals surface area (Å²) >= 11 is 0. The molecule has 0 fully saturated rings. The van der Waals surface area contributed by atoms with Gasteiger partial charge in [0.1, 0.15) is 5.75 Å². The lowest BCUT2D eigenvalue weighted by atomic mass is 9.98. The number of hydrogen-bond donors (Lipinski definition) is 1. The van der Waals surface area contributed by atoms with Crippen molar-refractivity contribution in [3.8, 4) is 5.75 Å². The summed E-state index contributed by atoms with van der Waals surface area (Å²) in [5.74, 6) is 0.787. The summed E-state index contributed by atoms with van der Waals surface area (Å²) in [4.78, 5) is 3.85. The van der Waals surface area contributed by atoms with E-state index in [0.29, 0.717) is 25.4 Å². The van der Waals surface area contributed by atoms with Crippen molar-refractivity contribution in [3.63, 3.8) is 0 Å². The molecule has 1 aliphatic rings. The molecular formula is C26H27F3N2O2. The van der Waals surface area contributed by atoms with Gasteiger partial charge >= 0.3 is 6.18 Å². The topological polar surface area (TPSA) is 35.9 Å². The molecule has 174 valence electrons. The fourth-order valence-electron chi connectivity index (χ4n) is 4.29. The normalized spacial score (nSPS) is 16.9. The SMILES string of the molecule is CCOc1cccc(CN2C[C@H](c3ccccc3)N(C[C@@H](O)C(F)(F)F)c3ccccc32)c1. The van der Waals surface area contributed by atoms with Crippen molar-refractivity contribution in [2.45, 2.75) is 31.8 Å². The number of halogens is 3. The monoisotopic (exact) mass is 456 g/mol. The lowest BCUT2D eigenvalue weighted by Gasteiger charge is -2.45. The zero-order valence-corrected chi connectivity index (χ0v) is 18.4. The summed E-state index contributed by atoms with van der Waals surface area (Å²) in [5.41, 5.74) is 3.45. The molecule has 4 rings (SSSR count). The van der Waals surface area contributed by atoms with Crippen LogP contribution in [-0.4, -0.2) is 37.1 Å². The molecule has 0 amide bonds. The summed E-state index contributed by atoms with van der Waals surface area (Å²) in [5, 5.41) is 9.92. The molecule has 4 nitrogen and oxygen atoms in total. The van der Waals surface area contributed by atoms with Crippen molar-refractivity contribution >= 4 is 11.4 Å². The van der Waals surface area contributed by atoms with Crippen LogP contribution in [0, 0.1) is 0 Å². The lowest BCUT2D eigenvalue weighted by molar-refractivity contribution is -0.200. The van der Waals surface area contributed by atoms with Crippen molar-refractivity contribution in [1.29, 1.82) is 0 Å². The average molecular weight is 457 g/mol. The van der Waals surface area contributed by atoms with Crippen LogP contribution in [0.1, 0.15) is 24.1 Å². The van der Waals surface area contributed by atoms with Gasteiger partial charge in [-0.25, -0.2) is 0 Å². The van der Waals surface area contributed by atoms with Gasteiger partial charge in [-0.1, -0.05) is 54.6 Å². The van der Waals surface area contributed by atoms with E-state index in [1.807, 2.05) is 85.8 Å². The summed E-state index contributed by atoms with van der Waals surface area (Å²) in [7, 11) is 0. The number of fused-ring (bicyclic) bond motifs is 1. The van der Waals surface area contributed by atoms with Gasteiger partial charge in [0.15, 0.2) is 6.10 Å².